The van der Waals surface area contributed by atoms with Crippen molar-refractivity contribution in [1.29, 1.82) is 0 Å². The van der Waals surface area contributed by atoms with E-state index in [1.165, 1.54) is 11.3 Å². The van der Waals surface area contributed by atoms with Crippen molar-refractivity contribution in [1.82, 2.24) is 20.6 Å². The van der Waals surface area contributed by atoms with Crippen molar-refractivity contribution in [3.8, 4) is 11.6 Å². The van der Waals surface area contributed by atoms with Crippen molar-refractivity contribution in [2.75, 3.05) is 10.2 Å². The molecule has 4 heterocycles. The van der Waals surface area contributed by atoms with E-state index in [-0.39, 0.29) is 29.9 Å². The summed E-state index contributed by atoms with van der Waals surface area (Å²) in [5.41, 5.74) is 2.49. The number of urea groups is 1. The lowest BCUT2D eigenvalue weighted by Crippen LogP contribution is -2.45. The van der Waals surface area contributed by atoms with Crippen LogP contribution in [-0.4, -0.2) is 39.9 Å². The van der Waals surface area contributed by atoms with Gasteiger partial charge in [0.15, 0.2) is 0 Å². The third kappa shape index (κ3) is 5.32. The summed E-state index contributed by atoms with van der Waals surface area (Å²) in [6.45, 7) is 3.72. The van der Waals surface area contributed by atoms with E-state index >= 15 is 0 Å². The van der Waals surface area contributed by atoms with Crippen molar-refractivity contribution < 1.29 is 19.1 Å². The van der Waals surface area contributed by atoms with Crippen LogP contribution in [0.25, 0.3) is 10.2 Å². The predicted octanol–water partition coefficient (Wildman–Crippen LogP) is 6.04. The van der Waals surface area contributed by atoms with Crippen molar-refractivity contribution >= 4 is 56.5 Å². The highest BCUT2D eigenvalue weighted by Gasteiger charge is 2.34. The first-order valence-corrected chi connectivity index (χ1v) is 14.5. The van der Waals surface area contributed by atoms with Gasteiger partial charge in [-0.2, -0.15) is 0 Å². The molecule has 0 saturated heterocycles. The second-order valence-electron chi connectivity index (χ2n) is 10.3. The average molecular weight is 571 g/mol. The molecule has 210 valence electrons. The van der Waals surface area contributed by atoms with Crippen LogP contribution >= 0.6 is 11.3 Å². The fourth-order valence-corrected chi connectivity index (χ4v) is 6.46. The molecule has 1 aromatic carbocycles. The van der Waals surface area contributed by atoms with Crippen LogP contribution in [0.5, 0.6) is 11.6 Å². The van der Waals surface area contributed by atoms with Crippen LogP contribution in [0.2, 0.25) is 0 Å². The first-order valence-electron chi connectivity index (χ1n) is 13.7. The third-order valence-electron chi connectivity index (χ3n) is 7.41. The van der Waals surface area contributed by atoms with E-state index in [0.29, 0.717) is 56.6 Å². The number of nitrogens with one attached hydrogen (secondary N) is 3. The van der Waals surface area contributed by atoms with Crippen LogP contribution in [0.15, 0.2) is 54.9 Å². The van der Waals surface area contributed by atoms with Crippen molar-refractivity contribution in [3.05, 3.63) is 65.3 Å². The number of hydrogen-bond donors (Lipinski definition) is 3. The molecule has 0 spiro atoms. The highest BCUT2D eigenvalue weighted by atomic mass is 32.1. The highest BCUT2D eigenvalue weighted by molar-refractivity contribution is 7.21. The molecule has 6 rings (SSSR count). The van der Waals surface area contributed by atoms with Crippen LogP contribution in [0.3, 0.4) is 0 Å². The Kier molecular flexibility index (Phi) is 7.27. The summed E-state index contributed by atoms with van der Waals surface area (Å²) in [6, 6.07) is 12.5. The lowest BCUT2D eigenvalue weighted by Gasteiger charge is -2.31. The van der Waals surface area contributed by atoms with Gasteiger partial charge in [0.2, 0.25) is 11.8 Å². The summed E-state index contributed by atoms with van der Waals surface area (Å²) >= 11 is 1.25. The zero-order valence-corrected chi connectivity index (χ0v) is 23.6. The van der Waals surface area contributed by atoms with Gasteiger partial charge in [-0.3, -0.25) is 14.5 Å². The molecule has 4 aromatic rings. The van der Waals surface area contributed by atoms with Gasteiger partial charge >= 0.3 is 6.03 Å². The number of aromatic nitrogens is 2. The zero-order chi connectivity index (χ0) is 28.5. The number of aryl methyl sites for hydroxylation is 1. The molecule has 1 saturated carbocycles. The van der Waals surface area contributed by atoms with Gasteiger partial charge in [0.25, 0.3) is 5.91 Å². The van der Waals surface area contributed by atoms with Crippen molar-refractivity contribution in [3.63, 3.8) is 0 Å². The molecular formula is C30H30N6O4S. The number of carbonyl (C=O) groups is 3. The maximum Gasteiger partial charge on any atom is 0.331 e. The number of pyridine rings is 2. The Hall–Kier alpha value is -4.51. The van der Waals surface area contributed by atoms with Gasteiger partial charge in [0.1, 0.15) is 15.5 Å². The highest BCUT2D eigenvalue weighted by Crippen LogP contribution is 2.46. The van der Waals surface area contributed by atoms with E-state index in [0.717, 1.165) is 24.8 Å². The minimum absolute atomic E-state index is 0.0191. The van der Waals surface area contributed by atoms with Crippen LogP contribution in [-0.2, 0) is 4.79 Å². The molecule has 1 aliphatic carbocycles. The molecule has 0 bridgehead atoms. The number of benzene rings is 1. The minimum atomic E-state index is -0.390. The molecule has 0 radical (unpaired) electrons. The number of nitrogens with zero attached hydrogens (tertiary/aromatic N) is 3. The number of para-hydroxylation sites is 1. The van der Waals surface area contributed by atoms with Gasteiger partial charge in [-0.25, -0.2) is 14.8 Å². The number of rotatable bonds is 7. The van der Waals surface area contributed by atoms with E-state index in [1.54, 1.807) is 29.4 Å². The Morgan fingerprint density at radius 1 is 1.10 bits per heavy atom. The number of carbonyl (C=O) groups excluding carboxylic acids is 3. The van der Waals surface area contributed by atoms with E-state index in [2.05, 4.69) is 25.9 Å². The second-order valence-corrected chi connectivity index (χ2v) is 11.3. The maximum atomic E-state index is 13.5. The van der Waals surface area contributed by atoms with Gasteiger partial charge in [-0.05, 0) is 56.4 Å². The Labute approximate surface area is 241 Å². The summed E-state index contributed by atoms with van der Waals surface area (Å²) in [4.78, 5) is 50.4. The number of ether oxygens (including phenoxy) is 1. The minimum Gasteiger partial charge on any atom is -0.439 e. The fourth-order valence-electron chi connectivity index (χ4n) is 5.44. The van der Waals surface area contributed by atoms with Crippen LogP contribution < -0.4 is 25.6 Å². The van der Waals surface area contributed by atoms with Gasteiger partial charge in [-0.15, -0.1) is 11.3 Å². The molecule has 11 heteroatoms. The standard InChI is InChI=1S/C30H30N6O4S/c1-3-23(37)33-18-8-7-9-19(15-18)34-28(38)27-26-25-21(12-13-31-29(25)41-27)36(30(39)35-26)22-16-32-24(14-17(22)2)40-20-10-5-4-6-11-20/h4-6,10-14,16,18-19H,3,7-9,15H2,1-2H3,(H,33,37)(H,34,38)(H,35,39)/t18?,19-/m1/s1. The number of anilines is 3. The monoisotopic (exact) mass is 570 g/mol. The summed E-state index contributed by atoms with van der Waals surface area (Å²) in [7, 11) is 0. The number of amides is 4. The van der Waals surface area contributed by atoms with Gasteiger partial charge in [0, 0.05) is 30.8 Å². The largest absolute Gasteiger partial charge is 0.439 e. The molecule has 3 N–H and O–H groups in total. The zero-order valence-electron chi connectivity index (χ0n) is 22.8. The van der Waals surface area contributed by atoms with Crippen LogP contribution in [0, 0.1) is 6.92 Å². The summed E-state index contributed by atoms with van der Waals surface area (Å²) in [5, 5.41) is 9.83. The maximum absolute atomic E-state index is 13.5. The topological polar surface area (TPSA) is 126 Å². The third-order valence-corrected chi connectivity index (χ3v) is 8.51. The van der Waals surface area contributed by atoms with Crippen LogP contribution in [0.1, 0.15) is 54.3 Å². The molecule has 2 aliphatic rings. The molecule has 1 aliphatic heterocycles. The van der Waals surface area contributed by atoms with E-state index in [4.69, 9.17) is 4.74 Å². The van der Waals surface area contributed by atoms with Gasteiger partial charge in [0.05, 0.1) is 28.6 Å². The Morgan fingerprint density at radius 2 is 1.88 bits per heavy atom. The lowest BCUT2D eigenvalue weighted by molar-refractivity contribution is -0.121. The first-order chi connectivity index (χ1) is 19.9. The van der Waals surface area contributed by atoms with E-state index in [9.17, 15) is 14.4 Å². The first kappa shape index (κ1) is 26.7. The Balaban J connectivity index is 1.26. The number of hydrogen-bond acceptors (Lipinski definition) is 7. The second kappa shape index (κ2) is 11.2. The SMILES string of the molecule is CCC(=O)NC1CCC[C@@H](NC(=O)c2sc3nccc4c3c2NC(=O)N4c2cnc(Oc3ccccc3)cc2C)C1. The molecule has 1 unspecified atom stereocenters. The molecular weight excluding hydrogens is 540 g/mol. The van der Waals surface area contributed by atoms with Crippen molar-refractivity contribution in [2.24, 2.45) is 0 Å². The molecule has 1 fully saturated rings. The normalized spacial score (nSPS) is 18.1. The molecule has 2 atom stereocenters. The Morgan fingerprint density at radius 3 is 2.63 bits per heavy atom. The summed E-state index contributed by atoms with van der Waals surface area (Å²) in [5.74, 6) is 0.854. The molecule has 3 aromatic heterocycles. The van der Waals surface area contributed by atoms with Gasteiger partial charge < -0.3 is 20.7 Å². The molecule has 41 heavy (non-hydrogen) atoms. The van der Waals surface area contributed by atoms with Gasteiger partial charge in [-0.1, -0.05) is 25.1 Å². The lowest BCUT2D eigenvalue weighted by atomic mass is 9.90. The number of thiophene rings is 1. The summed E-state index contributed by atoms with van der Waals surface area (Å²) in [6.07, 6.45) is 7.02. The molecule has 10 nitrogen and oxygen atoms in total. The Bertz CT molecular complexity index is 1640. The van der Waals surface area contributed by atoms with Crippen LogP contribution in [0.4, 0.5) is 21.9 Å². The predicted molar refractivity (Wildman–Crippen MR) is 158 cm³/mol. The summed E-state index contributed by atoms with van der Waals surface area (Å²) < 4.78 is 5.86. The quantitative estimate of drug-likeness (QED) is 0.249. The average Bonchev–Trinajstić information content (AvgIpc) is 3.34. The van der Waals surface area contributed by atoms with E-state index < -0.39 is 0 Å². The fraction of sp³-hybridized carbons (Fsp3) is 0.300. The van der Waals surface area contributed by atoms with E-state index in [1.807, 2.05) is 44.2 Å². The van der Waals surface area contributed by atoms with Crippen molar-refractivity contribution in [2.45, 2.75) is 58.0 Å². The molecule has 4 amide bonds. The smallest absolute Gasteiger partial charge is 0.331 e.